The fraction of sp³-hybridized carbons (Fsp3) is 0.654. The number of hydrogen-bond acceptors (Lipinski definition) is 9. The Bertz CT molecular complexity index is 1120. The van der Waals surface area contributed by atoms with Gasteiger partial charge in [-0.2, -0.15) is 10.1 Å². The van der Waals surface area contributed by atoms with Crippen LogP contribution in [-0.4, -0.2) is 74.5 Å². The maximum atomic E-state index is 15.3. The fourth-order valence-electron chi connectivity index (χ4n) is 4.68. The Labute approximate surface area is 223 Å². The molecule has 210 valence electrons. The van der Waals surface area contributed by atoms with Gasteiger partial charge in [0, 0.05) is 36.9 Å². The highest BCUT2D eigenvalue weighted by molar-refractivity contribution is 5.89. The first kappa shape index (κ1) is 29.1. The van der Waals surface area contributed by atoms with Crippen molar-refractivity contribution in [1.82, 2.24) is 25.1 Å². The first-order valence-electron chi connectivity index (χ1n) is 13.2. The minimum atomic E-state index is -0.918. The van der Waals surface area contributed by atoms with Crippen LogP contribution in [0.25, 0.3) is 0 Å². The van der Waals surface area contributed by atoms with Crippen molar-refractivity contribution in [2.24, 2.45) is 0 Å². The van der Waals surface area contributed by atoms with Crippen LogP contribution < -0.4 is 10.2 Å². The van der Waals surface area contributed by atoms with Crippen molar-refractivity contribution < 1.29 is 23.5 Å². The van der Waals surface area contributed by atoms with E-state index in [9.17, 15) is 9.59 Å². The maximum Gasteiger partial charge on any atom is 0.410 e. The minimum Gasteiger partial charge on any atom is -0.461 e. The molecule has 0 aromatic carbocycles. The number of aromatic amines is 1. The molecule has 1 saturated heterocycles. The van der Waals surface area contributed by atoms with E-state index in [2.05, 4.69) is 25.5 Å². The zero-order chi connectivity index (χ0) is 28.2. The van der Waals surface area contributed by atoms with E-state index in [-0.39, 0.29) is 42.6 Å². The summed E-state index contributed by atoms with van der Waals surface area (Å²) < 4.78 is 26.1. The molecule has 0 bridgehead atoms. The van der Waals surface area contributed by atoms with Gasteiger partial charge in [-0.15, -0.1) is 0 Å². The lowest BCUT2D eigenvalue weighted by Gasteiger charge is -2.47. The molecule has 3 rings (SSSR count). The van der Waals surface area contributed by atoms with Gasteiger partial charge in [0.05, 0.1) is 6.61 Å². The Kier molecular flexibility index (Phi) is 9.16. The normalized spacial score (nSPS) is 19.7. The molecule has 2 N–H and O–H groups in total. The second kappa shape index (κ2) is 12.0. The van der Waals surface area contributed by atoms with Crippen molar-refractivity contribution in [1.29, 1.82) is 0 Å². The molecule has 1 fully saturated rings. The number of anilines is 3. The molecule has 3 atom stereocenters. The Morgan fingerprint density at radius 3 is 2.32 bits per heavy atom. The summed E-state index contributed by atoms with van der Waals surface area (Å²) >= 11 is 0. The second-order valence-electron chi connectivity index (χ2n) is 10.6. The summed E-state index contributed by atoms with van der Waals surface area (Å²) in [6.07, 6.45) is 2.44. The first-order chi connectivity index (χ1) is 17.9. The molecule has 0 unspecified atom stereocenters. The number of amides is 1. The fourth-order valence-corrected chi connectivity index (χ4v) is 4.68. The maximum absolute atomic E-state index is 15.3. The molecule has 0 radical (unpaired) electrons. The number of hydrogen-bond donors (Lipinski definition) is 2. The largest absolute Gasteiger partial charge is 0.461 e. The zero-order valence-electron chi connectivity index (χ0n) is 23.6. The predicted octanol–water partition coefficient (Wildman–Crippen LogP) is 4.96. The van der Waals surface area contributed by atoms with Gasteiger partial charge in [-0.1, -0.05) is 13.8 Å². The Balaban J connectivity index is 1.94. The van der Waals surface area contributed by atoms with Gasteiger partial charge in [-0.3, -0.25) is 5.10 Å². The zero-order valence-corrected chi connectivity index (χ0v) is 23.6. The molecule has 2 aromatic heterocycles. The summed E-state index contributed by atoms with van der Waals surface area (Å²) in [5.41, 5.74) is -0.273. The number of rotatable bonds is 8. The lowest BCUT2D eigenvalue weighted by atomic mass is 9.88. The number of aromatic nitrogens is 4. The second-order valence-corrected chi connectivity index (χ2v) is 10.6. The van der Waals surface area contributed by atoms with Gasteiger partial charge in [0.1, 0.15) is 5.60 Å². The highest BCUT2D eigenvalue weighted by Crippen LogP contribution is 2.33. The first-order valence-corrected chi connectivity index (χ1v) is 13.2. The molecule has 0 saturated carbocycles. The molecule has 0 aliphatic carbocycles. The van der Waals surface area contributed by atoms with Gasteiger partial charge in [0.15, 0.2) is 23.1 Å². The van der Waals surface area contributed by atoms with Crippen LogP contribution in [0.2, 0.25) is 0 Å². The number of aryl methyl sites for hydroxylation is 1. The van der Waals surface area contributed by atoms with Gasteiger partial charge >= 0.3 is 12.1 Å². The number of carbonyl (C=O) groups excluding carboxylic acids is 2. The monoisotopic (exact) mass is 533 g/mol. The van der Waals surface area contributed by atoms with E-state index in [0.717, 1.165) is 18.5 Å². The van der Waals surface area contributed by atoms with Crippen molar-refractivity contribution in [3.63, 3.8) is 0 Å². The lowest BCUT2D eigenvalue weighted by molar-refractivity contribution is -0.00938. The van der Waals surface area contributed by atoms with Gasteiger partial charge in [-0.05, 0) is 60.3 Å². The molecule has 1 amide bonds. The van der Waals surface area contributed by atoms with Crippen LogP contribution in [0.3, 0.4) is 0 Å². The quantitative estimate of drug-likeness (QED) is 0.453. The average molecular weight is 534 g/mol. The Hall–Kier alpha value is -3.44. The molecule has 2 aromatic rings. The van der Waals surface area contributed by atoms with Gasteiger partial charge < -0.3 is 24.6 Å². The van der Waals surface area contributed by atoms with Crippen molar-refractivity contribution >= 4 is 29.6 Å². The molecule has 38 heavy (non-hydrogen) atoms. The number of nitrogens with one attached hydrogen (secondary N) is 2. The van der Waals surface area contributed by atoms with E-state index in [1.807, 2.05) is 58.4 Å². The average Bonchev–Trinajstić information content (AvgIpc) is 3.27. The predicted molar refractivity (Wildman–Crippen MR) is 142 cm³/mol. The summed E-state index contributed by atoms with van der Waals surface area (Å²) in [5, 5.41) is 9.70. The number of halogens is 1. The number of esters is 1. The van der Waals surface area contributed by atoms with Crippen molar-refractivity contribution in [2.45, 2.75) is 97.9 Å². The number of H-pyrrole nitrogens is 1. The smallest absolute Gasteiger partial charge is 0.410 e. The third-order valence-electron chi connectivity index (χ3n) is 6.55. The van der Waals surface area contributed by atoms with E-state index in [1.165, 1.54) is 0 Å². The van der Waals surface area contributed by atoms with E-state index >= 15 is 4.39 Å². The van der Waals surface area contributed by atoms with Gasteiger partial charge in [0.25, 0.3) is 0 Å². The van der Waals surface area contributed by atoms with Gasteiger partial charge in [-0.25, -0.2) is 19.0 Å². The lowest BCUT2D eigenvalue weighted by Crippen LogP contribution is -2.57. The van der Waals surface area contributed by atoms with E-state index in [0.29, 0.717) is 18.7 Å². The molecule has 12 heteroatoms. The van der Waals surface area contributed by atoms with Crippen molar-refractivity contribution in [2.75, 3.05) is 23.9 Å². The molecule has 11 nitrogen and oxygen atoms in total. The van der Waals surface area contributed by atoms with Crippen LogP contribution >= 0.6 is 0 Å². The van der Waals surface area contributed by atoms with Crippen LogP contribution in [0.1, 0.15) is 83.4 Å². The van der Waals surface area contributed by atoms with Crippen molar-refractivity contribution in [3.8, 4) is 0 Å². The standard InChI is InChI=1S/C26H40FN7O4/c1-9-16-13-18(14-17(10-2)34(16)25(36)38-26(5,6)7)33(8)24-29-21(23(35)37-11-3)20(27)22(30-24)28-19-12-15(4)31-32-19/h12,16-18H,9-11,13-14H2,1-8H3,(H2,28,29,30,31,32)/t16-,17+,18-. The summed E-state index contributed by atoms with van der Waals surface area (Å²) in [6, 6.07) is 1.50. The van der Waals surface area contributed by atoms with E-state index < -0.39 is 23.1 Å². The van der Waals surface area contributed by atoms with Crippen LogP contribution in [-0.2, 0) is 9.47 Å². The van der Waals surface area contributed by atoms with Gasteiger partial charge in [0.2, 0.25) is 5.95 Å². The van der Waals surface area contributed by atoms with Crippen LogP contribution in [0, 0.1) is 12.7 Å². The van der Waals surface area contributed by atoms with Crippen molar-refractivity contribution in [3.05, 3.63) is 23.3 Å². The number of ether oxygens (including phenoxy) is 2. The Morgan fingerprint density at radius 1 is 1.18 bits per heavy atom. The summed E-state index contributed by atoms with van der Waals surface area (Å²) in [5.74, 6) is -1.45. The molecule has 1 aliphatic rings. The highest BCUT2D eigenvalue weighted by Gasteiger charge is 2.41. The number of likely N-dealkylation sites (tertiary alicyclic amines) is 1. The number of piperidine rings is 1. The summed E-state index contributed by atoms with van der Waals surface area (Å²) in [6.45, 7) is 13.2. The third kappa shape index (κ3) is 6.70. The Morgan fingerprint density at radius 2 is 1.82 bits per heavy atom. The third-order valence-corrected chi connectivity index (χ3v) is 6.55. The number of carbonyl (C=O) groups is 2. The molecular formula is C26H40FN7O4. The van der Waals surface area contributed by atoms with E-state index in [1.54, 1.807) is 13.0 Å². The molecule has 0 spiro atoms. The van der Waals surface area contributed by atoms with E-state index in [4.69, 9.17) is 9.47 Å². The minimum absolute atomic E-state index is 0.0643. The summed E-state index contributed by atoms with van der Waals surface area (Å²) in [4.78, 5) is 38.1. The SMILES string of the molecule is CCOC(=O)c1nc(N(C)[C@@H]2C[C@@H](CC)N(C(=O)OC(C)(C)C)[C@@H](CC)C2)nc(Nc2cc(C)[nH]n2)c1F. The highest BCUT2D eigenvalue weighted by atomic mass is 19.1. The molecule has 3 heterocycles. The molecule has 1 aliphatic heterocycles. The number of nitrogens with zero attached hydrogens (tertiary/aromatic N) is 5. The van der Waals surface area contributed by atoms with Crippen LogP contribution in [0.5, 0.6) is 0 Å². The van der Waals surface area contributed by atoms with Crippen LogP contribution in [0.15, 0.2) is 6.07 Å². The summed E-state index contributed by atoms with van der Waals surface area (Å²) in [7, 11) is 1.82. The van der Waals surface area contributed by atoms with Crippen LogP contribution in [0.4, 0.5) is 26.8 Å². The molecular weight excluding hydrogens is 493 g/mol. The topological polar surface area (TPSA) is 126 Å².